The quantitative estimate of drug-likeness (QED) is 0.742. The van der Waals surface area contributed by atoms with E-state index in [1.165, 1.54) is 0 Å². The lowest BCUT2D eigenvalue weighted by Gasteiger charge is -2.20. The fourth-order valence-corrected chi connectivity index (χ4v) is 1.85. The third-order valence-electron chi connectivity index (χ3n) is 3.03. The Morgan fingerprint density at radius 2 is 2.07 bits per heavy atom. The van der Waals surface area contributed by atoms with E-state index in [1.54, 1.807) is 0 Å². The second kappa shape index (κ2) is 4.97. The summed E-state index contributed by atoms with van der Waals surface area (Å²) >= 11 is 0. The van der Waals surface area contributed by atoms with Crippen LogP contribution in [-0.4, -0.2) is 25.5 Å². The average Bonchev–Trinajstić information content (AvgIpc) is 2.48. The zero-order valence-corrected chi connectivity index (χ0v) is 10.4. The Morgan fingerprint density at radius 3 is 2.53 bits per heavy atom. The molecule has 0 aromatic rings. The van der Waals surface area contributed by atoms with Crippen molar-refractivity contribution in [3.63, 3.8) is 0 Å². The molecular formula is C12H24N2O. The third-order valence-corrected chi connectivity index (χ3v) is 3.03. The van der Waals surface area contributed by atoms with Crippen molar-refractivity contribution < 1.29 is 4.79 Å². The number of carbonyl (C=O) groups excluding carboxylic acids is 1. The zero-order valence-electron chi connectivity index (χ0n) is 10.4. The molecule has 0 aliphatic carbocycles. The van der Waals surface area contributed by atoms with Crippen LogP contribution in [0.5, 0.6) is 0 Å². The molecule has 0 bridgehead atoms. The Labute approximate surface area is 93.0 Å². The largest absolute Gasteiger partial charge is 0.356 e. The van der Waals surface area contributed by atoms with Crippen molar-refractivity contribution in [1.82, 2.24) is 10.6 Å². The van der Waals surface area contributed by atoms with Crippen molar-refractivity contribution in [2.24, 2.45) is 17.3 Å². The molecule has 3 nitrogen and oxygen atoms in total. The molecule has 15 heavy (non-hydrogen) atoms. The summed E-state index contributed by atoms with van der Waals surface area (Å²) in [6.45, 7) is 11.3. The first-order valence-corrected chi connectivity index (χ1v) is 5.88. The van der Waals surface area contributed by atoms with Gasteiger partial charge in [0.15, 0.2) is 0 Å². The van der Waals surface area contributed by atoms with Crippen LogP contribution in [0.1, 0.15) is 34.1 Å². The molecule has 3 heteroatoms. The highest BCUT2D eigenvalue weighted by molar-refractivity contribution is 5.79. The molecule has 1 amide bonds. The van der Waals surface area contributed by atoms with Gasteiger partial charge in [0.2, 0.25) is 5.91 Å². The van der Waals surface area contributed by atoms with Crippen molar-refractivity contribution in [2.45, 2.75) is 34.1 Å². The molecule has 1 fully saturated rings. The van der Waals surface area contributed by atoms with E-state index in [0.717, 1.165) is 26.1 Å². The van der Waals surface area contributed by atoms with Gasteiger partial charge in [0.1, 0.15) is 0 Å². The maximum atomic E-state index is 11.8. The number of nitrogens with one attached hydrogen (secondary N) is 2. The fraction of sp³-hybridized carbons (Fsp3) is 0.917. The Balaban J connectivity index is 2.24. The Bertz CT molecular complexity index is 220. The minimum absolute atomic E-state index is 0.171. The van der Waals surface area contributed by atoms with Gasteiger partial charge in [-0.25, -0.2) is 0 Å². The summed E-state index contributed by atoms with van der Waals surface area (Å²) in [6, 6.07) is 0. The number of carbonyl (C=O) groups is 1. The van der Waals surface area contributed by atoms with Gasteiger partial charge in [0.05, 0.1) is 5.92 Å². The lowest BCUT2D eigenvalue weighted by molar-refractivity contribution is -0.125. The van der Waals surface area contributed by atoms with Gasteiger partial charge in [0.25, 0.3) is 0 Å². The normalized spacial score (nSPS) is 26.7. The summed E-state index contributed by atoms with van der Waals surface area (Å²) in [5.74, 6) is 0.862. The van der Waals surface area contributed by atoms with Crippen LogP contribution in [-0.2, 0) is 4.79 Å². The molecule has 0 aromatic carbocycles. The molecule has 1 rings (SSSR count). The van der Waals surface area contributed by atoms with Gasteiger partial charge >= 0.3 is 0 Å². The predicted octanol–water partition coefficient (Wildman–Crippen LogP) is 1.39. The van der Waals surface area contributed by atoms with Crippen LogP contribution in [0.3, 0.4) is 0 Å². The zero-order chi connectivity index (χ0) is 11.5. The molecule has 0 radical (unpaired) electrons. The predicted molar refractivity (Wildman–Crippen MR) is 62.6 cm³/mol. The summed E-state index contributed by atoms with van der Waals surface area (Å²) in [5.41, 5.74) is 0.298. The lowest BCUT2D eigenvalue weighted by Crippen LogP contribution is -2.35. The number of amides is 1. The van der Waals surface area contributed by atoms with Gasteiger partial charge in [-0.2, -0.15) is 0 Å². The maximum Gasteiger partial charge on any atom is 0.224 e. The molecule has 88 valence electrons. The molecule has 0 unspecified atom stereocenters. The highest BCUT2D eigenvalue weighted by Crippen LogP contribution is 2.18. The smallest absolute Gasteiger partial charge is 0.224 e. The van der Waals surface area contributed by atoms with Crippen LogP contribution in [0.4, 0.5) is 0 Å². The van der Waals surface area contributed by atoms with E-state index in [-0.39, 0.29) is 11.8 Å². The second-order valence-electron chi connectivity index (χ2n) is 5.84. The van der Waals surface area contributed by atoms with Crippen molar-refractivity contribution >= 4 is 5.91 Å². The van der Waals surface area contributed by atoms with E-state index in [1.807, 2.05) is 0 Å². The number of hydrogen-bond donors (Lipinski definition) is 2. The van der Waals surface area contributed by atoms with Crippen LogP contribution in [0.2, 0.25) is 0 Å². The summed E-state index contributed by atoms with van der Waals surface area (Å²) in [5, 5.41) is 6.28. The first kappa shape index (κ1) is 12.5. The van der Waals surface area contributed by atoms with Gasteiger partial charge in [-0.15, -0.1) is 0 Å². The molecule has 0 spiro atoms. The monoisotopic (exact) mass is 212 g/mol. The molecule has 1 saturated heterocycles. The van der Waals surface area contributed by atoms with Gasteiger partial charge in [-0.1, -0.05) is 27.7 Å². The molecular weight excluding hydrogens is 188 g/mol. The third kappa shape index (κ3) is 4.20. The van der Waals surface area contributed by atoms with Gasteiger partial charge in [-0.05, 0) is 24.3 Å². The van der Waals surface area contributed by atoms with E-state index in [0.29, 0.717) is 11.3 Å². The van der Waals surface area contributed by atoms with Crippen LogP contribution < -0.4 is 10.6 Å². The SMILES string of the molecule is C[C@@H]1CNC[C@H]1C(=O)NCCC(C)(C)C. The van der Waals surface area contributed by atoms with Crippen LogP contribution in [0.25, 0.3) is 0 Å². The van der Waals surface area contributed by atoms with Gasteiger partial charge < -0.3 is 10.6 Å². The first-order valence-electron chi connectivity index (χ1n) is 5.88. The van der Waals surface area contributed by atoms with Crippen LogP contribution in [0, 0.1) is 17.3 Å². The fourth-order valence-electron chi connectivity index (χ4n) is 1.85. The molecule has 1 aliphatic rings. The first-order chi connectivity index (χ1) is 6.90. The summed E-state index contributed by atoms with van der Waals surface area (Å²) in [7, 11) is 0. The topological polar surface area (TPSA) is 41.1 Å². The second-order valence-corrected chi connectivity index (χ2v) is 5.84. The summed E-state index contributed by atoms with van der Waals surface area (Å²) in [6.07, 6.45) is 1.03. The molecule has 0 saturated carbocycles. The molecule has 2 N–H and O–H groups in total. The van der Waals surface area contributed by atoms with E-state index in [9.17, 15) is 4.79 Å². The van der Waals surface area contributed by atoms with Crippen molar-refractivity contribution in [3.8, 4) is 0 Å². The van der Waals surface area contributed by atoms with Crippen molar-refractivity contribution in [3.05, 3.63) is 0 Å². The minimum atomic E-state index is 0.171. The van der Waals surface area contributed by atoms with Crippen LogP contribution >= 0.6 is 0 Å². The Morgan fingerprint density at radius 1 is 1.40 bits per heavy atom. The highest BCUT2D eigenvalue weighted by Gasteiger charge is 2.29. The average molecular weight is 212 g/mol. The summed E-state index contributed by atoms with van der Waals surface area (Å²) < 4.78 is 0. The standard InChI is InChI=1S/C12H24N2O/c1-9-7-13-8-10(9)11(15)14-6-5-12(2,3)4/h9-10,13H,5-8H2,1-4H3,(H,14,15)/t9-,10-/m1/s1. The van der Waals surface area contributed by atoms with Crippen molar-refractivity contribution in [1.29, 1.82) is 0 Å². The molecule has 1 heterocycles. The van der Waals surface area contributed by atoms with Gasteiger partial charge in [-0.3, -0.25) is 4.79 Å². The highest BCUT2D eigenvalue weighted by atomic mass is 16.1. The molecule has 1 aliphatic heterocycles. The minimum Gasteiger partial charge on any atom is -0.356 e. The Hall–Kier alpha value is -0.570. The van der Waals surface area contributed by atoms with E-state index < -0.39 is 0 Å². The van der Waals surface area contributed by atoms with E-state index in [2.05, 4.69) is 38.3 Å². The maximum absolute atomic E-state index is 11.8. The van der Waals surface area contributed by atoms with Crippen molar-refractivity contribution in [2.75, 3.05) is 19.6 Å². The van der Waals surface area contributed by atoms with Crippen LogP contribution in [0.15, 0.2) is 0 Å². The number of hydrogen-bond acceptors (Lipinski definition) is 2. The summed E-state index contributed by atoms with van der Waals surface area (Å²) in [4.78, 5) is 11.8. The lowest BCUT2D eigenvalue weighted by atomic mass is 9.92. The van der Waals surface area contributed by atoms with E-state index in [4.69, 9.17) is 0 Å². The Kier molecular flexibility index (Phi) is 4.14. The number of rotatable bonds is 3. The molecule has 2 atom stereocenters. The van der Waals surface area contributed by atoms with E-state index >= 15 is 0 Å². The van der Waals surface area contributed by atoms with Gasteiger partial charge in [0, 0.05) is 13.1 Å². The molecule has 0 aromatic heterocycles.